The molecule has 0 spiro atoms. The van der Waals surface area contributed by atoms with E-state index in [1.165, 1.54) is 0 Å². The first-order valence-corrected chi connectivity index (χ1v) is 9.11. The van der Waals surface area contributed by atoms with Gasteiger partial charge < -0.3 is 19.7 Å². The lowest BCUT2D eigenvalue weighted by atomic mass is 9.96. The zero-order valence-corrected chi connectivity index (χ0v) is 14.6. The monoisotopic (exact) mass is 346 g/mol. The third kappa shape index (κ3) is 4.24. The Bertz CT molecular complexity index is 592. The van der Waals surface area contributed by atoms with Gasteiger partial charge in [0.2, 0.25) is 0 Å². The molecule has 0 aromatic heterocycles. The zero-order valence-electron chi connectivity index (χ0n) is 14.6. The van der Waals surface area contributed by atoms with Crippen molar-refractivity contribution in [1.29, 1.82) is 0 Å². The minimum Gasteiger partial charge on any atom is -0.449 e. The zero-order chi connectivity index (χ0) is 17.6. The van der Waals surface area contributed by atoms with Crippen LogP contribution in [-0.4, -0.2) is 41.8 Å². The van der Waals surface area contributed by atoms with E-state index in [2.05, 4.69) is 12.2 Å². The number of hydrogen-bond donors (Lipinski definition) is 1. The number of amides is 2. The van der Waals surface area contributed by atoms with Crippen LogP contribution >= 0.6 is 0 Å². The lowest BCUT2D eigenvalue weighted by Crippen LogP contribution is -2.45. The number of ether oxygens (including phenoxy) is 2. The first-order valence-electron chi connectivity index (χ1n) is 9.11. The van der Waals surface area contributed by atoms with Crippen LogP contribution in [0.3, 0.4) is 0 Å². The molecule has 2 fully saturated rings. The molecule has 1 aromatic carbocycles. The van der Waals surface area contributed by atoms with E-state index in [4.69, 9.17) is 9.47 Å². The highest BCUT2D eigenvalue weighted by Crippen LogP contribution is 2.38. The predicted molar refractivity (Wildman–Crippen MR) is 93.1 cm³/mol. The summed E-state index contributed by atoms with van der Waals surface area (Å²) in [4.78, 5) is 26.2. The quantitative estimate of drug-likeness (QED) is 0.801. The number of benzene rings is 1. The number of nitrogens with one attached hydrogen (secondary N) is 1. The molecule has 0 saturated carbocycles. The van der Waals surface area contributed by atoms with Crippen LogP contribution in [0.25, 0.3) is 0 Å². The molecule has 2 heterocycles. The Kier molecular flexibility index (Phi) is 5.79. The van der Waals surface area contributed by atoms with Crippen LogP contribution in [-0.2, 0) is 16.1 Å². The summed E-state index contributed by atoms with van der Waals surface area (Å²) in [7, 11) is 0. The third-order valence-corrected chi connectivity index (χ3v) is 4.99. The first-order chi connectivity index (χ1) is 12.2. The molecule has 0 unspecified atom stereocenters. The SMILES string of the molecule is CCCCOC(=O)N1[C@H]2CC[C@@H]1[C@@H](NC(=O)OCc1ccccc1)C2. The maximum absolute atomic E-state index is 12.3. The van der Waals surface area contributed by atoms with Crippen molar-refractivity contribution < 1.29 is 19.1 Å². The third-order valence-electron chi connectivity index (χ3n) is 4.99. The van der Waals surface area contributed by atoms with E-state index in [9.17, 15) is 9.59 Å². The number of alkyl carbamates (subject to hydrolysis) is 1. The Balaban J connectivity index is 1.47. The van der Waals surface area contributed by atoms with Gasteiger partial charge in [-0.1, -0.05) is 43.7 Å². The topological polar surface area (TPSA) is 67.9 Å². The van der Waals surface area contributed by atoms with Gasteiger partial charge >= 0.3 is 12.2 Å². The predicted octanol–water partition coefficient (Wildman–Crippen LogP) is 3.45. The summed E-state index contributed by atoms with van der Waals surface area (Å²) in [6, 6.07) is 9.70. The van der Waals surface area contributed by atoms with Gasteiger partial charge in [-0.2, -0.15) is 0 Å². The van der Waals surface area contributed by atoms with Gasteiger partial charge in [0, 0.05) is 6.04 Å². The van der Waals surface area contributed by atoms with Gasteiger partial charge in [-0.25, -0.2) is 9.59 Å². The van der Waals surface area contributed by atoms with Gasteiger partial charge in [-0.15, -0.1) is 0 Å². The van der Waals surface area contributed by atoms with E-state index < -0.39 is 6.09 Å². The maximum Gasteiger partial charge on any atom is 0.410 e. The fourth-order valence-electron chi connectivity index (χ4n) is 3.72. The molecule has 1 aromatic rings. The molecular weight excluding hydrogens is 320 g/mol. The highest BCUT2D eigenvalue weighted by Gasteiger charge is 2.49. The van der Waals surface area contributed by atoms with Crippen LogP contribution in [0.15, 0.2) is 30.3 Å². The van der Waals surface area contributed by atoms with Crippen LogP contribution in [0.4, 0.5) is 9.59 Å². The number of nitrogens with zero attached hydrogens (tertiary/aromatic N) is 1. The van der Waals surface area contributed by atoms with Crippen LogP contribution in [0.5, 0.6) is 0 Å². The van der Waals surface area contributed by atoms with E-state index in [0.717, 1.165) is 37.7 Å². The molecule has 2 aliphatic rings. The van der Waals surface area contributed by atoms with Crippen molar-refractivity contribution in [3.8, 4) is 0 Å². The van der Waals surface area contributed by atoms with Gasteiger partial charge in [0.1, 0.15) is 6.61 Å². The van der Waals surface area contributed by atoms with E-state index in [1.54, 1.807) is 0 Å². The minimum absolute atomic E-state index is 0.0170. The van der Waals surface area contributed by atoms with Crippen LogP contribution in [0.1, 0.15) is 44.6 Å². The summed E-state index contributed by atoms with van der Waals surface area (Å²) < 4.78 is 10.6. The number of carbonyl (C=O) groups is 2. The average Bonchev–Trinajstić information content (AvgIpc) is 3.19. The number of hydrogen-bond acceptors (Lipinski definition) is 4. The normalized spacial score (nSPS) is 24.2. The van der Waals surface area contributed by atoms with Crippen LogP contribution in [0.2, 0.25) is 0 Å². The molecule has 6 nitrogen and oxygen atoms in total. The first kappa shape index (κ1) is 17.6. The molecular formula is C19H26N2O4. The molecule has 2 aliphatic heterocycles. The molecule has 6 heteroatoms. The Labute approximate surface area is 148 Å². The van der Waals surface area contributed by atoms with E-state index in [0.29, 0.717) is 6.61 Å². The summed E-state index contributed by atoms with van der Waals surface area (Å²) in [6.45, 7) is 2.77. The smallest absolute Gasteiger partial charge is 0.410 e. The van der Waals surface area contributed by atoms with Gasteiger partial charge in [0.25, 0.3) is 0 Å². The molecule has 0 radical (unpaired) electrons. The van der Waals surface area contributed by atoms with E-state index in [-0.39, 0.29) is 30.8 Å². The molecule has 2 saturated heterocycles. The lowest BCUT2D eigenvalue weighted by Gasteiger charge is -2.24. The second-order valence-corrected chi connectivity index (χ2v) is 6.72. The maximum atomic E-state index is 12.3. The van der Waals surface area contributed by atoms with Gasteiger partial charge in [0.15, 0.2) is 0 Å². The molecule has 0 aliphatic carbocycles. The van der Waals surface area contributed by atoms with Crippen molar-refractivity contribution >= 4 is 12.2 Å². The number of unbranched alkanes of at least 4 members (excludes halogenated alkanes) is 1. The highest BCUT2D eigenvalue weighted by molar-refractivity contribution is 5.71. The summed E-state index contributed by atoms with van der Waals surface area (Å²) in [5.41, 5.74) is 0.951. The summed E-state index contributed by atoms with van der Waals surface area (Å²) in [6.07, 6.45) is 3.85. The van der Waals surface area contributed by atoms with Crippen molar-refractivity contribution in [3.05, 3.63) is 35.9 Å². The second-order valence-electron chi connectivity index (χ2n) is 6.72. The fraction of sp³-hybridized carbons (Fsp3) is 0.579. The van der Waals surface area contributed by atoms with E-state index >= 15 is 0 Å². The molecule has 3 atom stereocenters. The Morgan fingerprint density at radius 2 is 2.00 bits per heavy atom. The average molecular weight is 346 g/mol. The molecule has 3 rings (SSSR count). The van der Waals surface area contributed by atoms with Crippen LogP contribution < -0.4 is 5.32 Å². The summed E-state index contributed by atoms with van der Waals surface area (Å²) in [5, 5.41) is 2.92. The highest BCUT2D eigenvalue weighted by atomic mass is 16.6. The van der Waals surface area contributed by atoms with Crippen LogP contribution in [0, 0.1) is 0 Å². The van der Waals surface area contributed by atoms with Gasteiger partial charge in [0.05, 0.1) is 18.7 Å². The standard InChI is InChI=1S/C19H26N2O4/c1-2-3-11-24-19(23)21-15-9-10-17(21)16(12-15)20-18(22)25-13-14-7-5-4-6-8-14/h4-8,15-17H,2-3,9-13H2,1H3,(H,20,22)/t15-,16-,17+/m0/s1. The van der Waals surface area contributed by atoms with Crippen molar-refractivity contribution in [2.24, 2.45) is 0 Å². The van der Waals surface area contributed by atoms with Crippen molar-refractivity contribution in [3.63, 3.8) is 0 Å². The number of fused-ring (bicyclic) bond motifs is 2. The molecule has 136 valence electrons. The second kappa shape index (κ2) is 8.23. The molecule has 25 heavy (non-hydrogen) atoms. The van der Waals surface area contributed by atoms with Crippen molar-refractivity contribution in [2.45, 2.75) is 63.8 Å². The van der Waals surface area contributed by atoms with Gasteiger partial charge in [-0.05, 0) is 31.2 Å². The summed E-state index contributed by atoms with van der Waals surface area (Å²) in [5.74, 6) is 0. The summed E-state index contributed by atoms with van der Waals surface area (Å²) >= 11 is 0. The molecule has 2 amide bonds. The Morgan fingerprint density at radius 1 is 1.20 bits per heavy atom. The number of carbonyl (C=O) groups excluding carboxylic acids is 2. The largest absolute Gasteiger partial charge is 0.449 e. The molecule has 1 N–H and O–H groups in total. The lowest BCUT2D eigenvalue weighted by molar-refractivity contribution is 0.0930. The molecule has 2 bridgehead atoms. The van der Waals surface area contributed by atoms with Gasteiger partial charge in [-0.3, -0.25) is 0 Å². The van der Waals surface area contributed by atoms with Crippen molar-refractivity contribution in [2.75, 3.05) is 6.61 Å². The number of rotatable bonds is 6. The fourth-order valence-corrected chi connectivity index (χ4v) is 3.72. The van der Waals surface area contributed by atoms with Crippen molar-refractivity contribution in [1.82, 2.24) is 10.2 Å². The Morgan fingerprint density at radius 3 is 2.76 bits per heavy atom. The van der Waals surface area contributed by atoms with E-state index in [1.807, 2.05) is 35.2 Å². The minimum atomic E-state index is -0.430. The Hall–Kier alpha value is -2.24.